The number of amides is 1. The molecule has 0 aliphatic rings. The van der Waals surface area contributed by atoms with Gasteiger partial charge in [0.2, 0.25) is 5.91 Å². The van der Waals surface area contributed by atoms with Crippen LogP contribution in [0.1, 0.15) is 33.9 Å². The summed E-state index contributed by atoms with van der Waals surface area (Å²) in [4.78, 5) is 21.8. The fourth-order valence-electron chi connectivity index (χ4n) is 3.71. The maximum absolute atomic E-state index is 13.3. The number of nitrogens with one attached hydrogen (secondary N) is 1. The monoisotopic (exact) mass is 469 g/mol. The van der Waals surface area contributed by atoms with Crippen LogP contribution in [0.25, 0.3) is 11.6 Å². The van der Waals surface area contributed by atoms with Gasteiger partial charge in [-0.1, -0.05) is 0 Å². The van der Waals surface area contributed by atoms with E-state index in [9.17, 15) is 18.0 Å². The molecule has 4 rings (SSSR count). The van der Waals surface area contributed by atoms with E-state index in [2.05, 4.69) is 25.5 Å². The Morgan fingerprint density at radius 3 is 2.38 bits per heavy atom. The Balaban J connectivity index is 1.64. The topological polar surface area (TPSA) is 90.5 Å². The molecule has 0 radical (unpaired) electrons. The lowest BCUT2D eigenvalue weighted by atomic mass is 10.1. The number of rotatable bonds is 5. The van der Waals surface area contributed by atoms with Gasteiger partial charge in [-0.25, -0.2) is 19.3 Å². The third kappa shape index (κ3) is 4.68. The number of hydrogen-bond donors (Lipinski definition) is 1. The Morgan fingerprint density at radius 1 is 1.06 bits per heavy atom. The van der Waals surface area contributed by atoms with E-state index >= 15 is 0 Å². The number of benzene rings is 1. The van der Waals surface area contributed by atoms with Crippen LogP contribution in [0.4, 0.5) is 18.9 Å². The van der Waals surface area contributed by atoms with E-state index in [1.54, 1.807) is 30.8 Å². The SMILES string of the molecule is Cc1cc(C)nc(-n2nc(C)c(CC(=O)Nc3cc(C(F)(F)F)ccc3-n3cccn3)c2C)n1. The predicted molar refractivity (Wildman–Crippen MR) is 119 cm³/mol. The van der Waals surface area contributed by atoms with Crippen LogP contribution in [0.3, 0.4) is 0 Å². The van der Waals surface area contributed by atoms with Gasteiger partial charge in [0.15, 0.2) is 0 Å². The second-order valence-corrected chi connectivity index (χ2v) is 7.92. The highest BCUT2D eigenvalue weighted by Gasteiger charge is 2.31. The first-order chi connectivity index (χ1) is 16.0. The molecule has 0 aliphatic carbocycles. The summed E-state index contributed by atoms with van der Waals surface area (Å²) in [7, 11) is 0. The zero-order valence-electron chi connectivity index (χ0n) is 19.0. The van der Waals surface area contributed by atoms with Gasteiger partial charge >= 0.3 is 6.18 Å². The minimum Gasteiger partial charge on any atom is -0.324 e. The number of aryl methyl sites for hydroxylation is 3. The first-order valence-electron chi connectivity index (χ1n) is 10.4. The third-order valence-corrected chi connectivity index (χ3v) is 5.29. The molecule has 8 nitrogen and oxygen atoms in total. The lowest BCUT2D eigenvalue weighted by molar-refractivity contribution is -0.137. The molecule has 0 bridgehead atoms. The summed E-state index contributed by atoms with van der Waals surface area (Å²) >= 11 is 0. The van der Waals surface area contributed by atoms with Crippen molar-refractivity contribution in [1.82, 2.24) is 29.5 Å². The average Bonchev–Trinajstić information content (AvgIpc) is 3.37. The van der Waals surface area contributed by atoms with Gasteiger partial charge in [-0.15, -0.1) is 0 Å². The second-order valence-electron chi connectivity index (χ2n) is 7.92. The Kier molecular flexibility index (Phi) is 5.94. The average molecular weight is 469 g/mol. The fraction of sp³-hybridized carbons (Fsp3) is 0.261. The van der Waals surface area contributed by atoms with Gasteiger partial charge in [0.25, 0.3) is 5.95 Å². The van der Waals surface area contributed by atoms with E-state index in [0.717, 1.165) is 23.5 Å². The lowest BCUT2D eigenvalue weighted by Gasteiger charge is -2.15. The largest absolute Gasteiger partial charge is 0.416 e. The number of nitrogens with zero attached hydrogens (tertiary/aromatic N) is 6. The van der Waals surface area contributed by atoms with Crippen LogP contribution in [0.15, 0.2) is 42.7 Å². The number of hydrogen-bond acceptors (Lipinski definition) is 5. The normalized spacial score (nSPS) is 11.6. The molecule has 1 amide bonds. The quantitative estimate of drug-likeness (QED) is 0.471. The highest BCUT2D eigenvalue weighted by molar-refractivity contribution is 5.94. The van der Waals surface area contributed by atoms with Crippen LogP contribution >= 0.6 is 0 Å². The zero-order valence-corrected chi connectivity index (χ0v) is 19.0. The van der Waals surface area contributed by atoms with E-state index in [1.807, 2.05) is 19.9 Å². The summed E-state index contributed by atoms with van der Waals surface area (Å²) in [6, 6.07) is 6.61. The molecule has 1 aromatic carbocycles. The van der Waals surface area contributed by atoms with Gasteiger partial charge in [-0.3, -0.25) is 4.79 Å². The first kappa shape index (κ1) is 23.1. The molecule has 0 aliphatic heterocycles. The lowest BCUT2D eigenvalue weighted by Crippen LogP contribution is -2.18. The summed E-state index contributed by atoms with van der Waals surface area (Å²) in [5, 5.41) is 11.2. The smallest absolute Gasteiger partial charge is 0.324 e. The summed E-state index contributed by atoms with van der Waals surface area (Å²) in [6.45, 7) is 7.26. The molecule has 34 heavy (non-hydrogen) atoms. The Morgan fingerprint density at radius 2 is 1.76 bits per heavy atom. The molecule has 3 aromatic heterocycles. The van der Waals surface area contributed by atoms with Crippen molar-refractivity contribution >= 4 is 11.6 Å². The van der Waals surface area contributed by atoms with Crippen molar-refractivity contribution in [3.05, 3.63) is 76.6 Å². The minimum absolute atomic E-state index is 0.00358. The number of alkyl halides is 3. The zero-order chi connectivity index (χ0) is 24.6. The van der Waals surface area contributed by atoms with Crippen molar-refractivity contribution in [2.75, 3.05) is 5.32 Å². The van der Waals surface area contributed by atoms with Crippen molar-refractivity contribution in [3.63, 3.8) is 0 Å². The molecule has 0 fully saturated rings. The van der Waals surface area contributed by atoms with E-state index in [-0.39, 0.29) is 12.1 Å². The Labute approximate surface area is 193 Å². The molecule has 1 N–H and O–H groups in total. The van der Waals surface area contributed by atoms with Crippen LogP contribution in [0.5, 0.6) is 0 Å². The fourth-order valence-corrected chi connectivity index (χ4v) is 3.71. The Bertz CT molecular complexity index is 1340. The van der Waals surface area contributed by atoms with Crippen LogP contribution in [-0.4, -0.2) is 35.4 Å². The van der Waals surface area contributed by atoms with E-state index < -0.39 is 17.6 Å². The molecule has 0 atom stereocenters. The summed E-state index contributed by atoms with van der Waals surface area (Å²) < 4.78 is 42.8. The summed E-state index contributed by atoms with van der Waals surface area (Å²) in [5.74, 6) is -0.0940. The maximum Gasteiger partial charge on any atom is 0.416 e. The molecule has 176 valence electrons. The van der Waals surface area contributed by atoms with Crippen molar-refractivity contribution in [3.8, 4) is 11.6 Å². The Hall–Kier alpha value is -4.02. The number of aromatic nitrogens is 6. The van der Waals surface area contributed by atoms with Crippen molar-refractivity contribution < 1.29 is 18.0 Å². The summed E-state index contributed by atoms with van der Waals surface area (Å²) in [6.07, 6.45) is -1.56. The van der Waals surface area contributed by atoms with Gasteiger partial charge in [0.1, 0.15) is 0 Å². The van der Waals surface area contributed by atoms with Crippen molar-refractivity contribution in [2.45, 2.75) is 40.3 Å². The van der Waals surface area contributed by atoms with Gasteiger partial charge in [-0.05, 0) is 58.0 Å². The highest BCUT2D eigenvalue weighted by atomic mass is 19.4. The van der Waals surface area contributed by atoms with Crippen molar-refractivity contribution in [1.29, 1.82) is 0 Å². The van der Waals surface area contributed by atoms with E-state index in [4.69, 9.17) is 0 Å². The first-order valence-corrected chi connectivity index (χ1v) is 10.4. The van der Waals surface area contributed by atoms with Gasteiger partial charge in [-0.2, -0.15) is 23.4 Å². The van der Waals surface area contributed by atoms with E-state index in [1.165, 1.54) is 16.9 Å². The predicted octanol–water partition coefficient (Wildman–Crippen LogP) is 4.28. The van der Waals surface area contributed by atoms with Crippen LogP contribution in [-0.2, 0) is 17.4 Å². The van der Waals surface area contributed by atoms with E-state index in [0.29, 0.717) is 28.6 Å². The minimum atomic E-state index is -4.55. The van der Waals surface area contributed by atoms with Crippen molar-refractivity contribution in [2.24, 2.45) is 0 Å². The van der Waals surface area contributed by atoms with Gasteiger partial charge in [0.05, 0.1) is 29.1 Å². The number of halogens is 3. The maximum atomic E-state index is 13.3. The number of carbonyl (C=O) groups is 1. The molecule has 0 saturated heterocycles. The molecule has 0 unspecified atom stereocenters. The highest BCUT2D eigenvalue weighted by Crippen LogP contribution is 2.33. The molecular weight excluding hydrogens is 447 g/mol. The molecule has 11 heteroatoms. The summed E-state index contributed by atoms with van der Waals surface area (Å²) in [5.41, 5.74) is 2.94. The molecular formula is C23H22F3N7O. The van der Waals surface area contributed by atoms with Crippen LogP contribution in [0, 0.1) is 27.7 Å². The van der Waals surface area contributed by atoms with Crippen LogP contribution in [0.2, 0.25) is 0 Å². The third-order valence-electron chi connectivity index (χ3n) is 5.29. The molecule has 0 spiro atoms. The molecule has 0 saturated carbocycles. The molecule has 4 aromatic rings. The number of carbonyl (C=O) groups excluding carboxylic acids is 1. The van der Waals surface area contributed by atoms with Crippen LogP contribution < -0.4 is 5.32 Å². The molecule has 3 heterocycles. The van der Waals surface area contributed by atoms with Gasteiger partial charge < -0.3 is 5.32 Å². The van der Waals surface area contributed by atoms with Gasteiger partial charge in [0, 0.05) is 35.0 Å². The standard InChI is InChI=1S/C23H22F3N7O/c1-13-10-14(2)29-22(28-13)33-16(4)18(15(3)31-33)12-21(34)30-19-11-17(23(24,25)26)6-7-20(19)32-9-5-8-27-32/h5-11H,12H2,1-4H3,(H,30,34). The second kappa shape index (κ2) is 8.73. The number of anilines is 1.